The van der Waals surface area contributed by atoms with Gasteiger partial charge in [-0.3, -0.25) is 9.59 Å². The van der Waals surface area contributed by atoms with Gasteiger partial charge in [0.25, 0.3) is 5.91 Å². The zero-order valence-corrected chi connectivity index (χ0v) is 11.9. The summed E-state index contributed by atoms with van der Waals surface area (Å²) in [5, 5.41) is 5.67. The molecule has 19 heavy (non-hydrogen) atoms. The first kappa shape index (κ1) is 15.4. The smallest absolute Gasteiger partial charge is 0.251 e. The van der Waals surface area contributed by atoms with E-state index < -0.39 is 0 Å². The molecule has 0 aromatic heterocycles. The third kappa shape index (κ3) is 5.65. The van der Waals surface area contributed by atoms with Gasteiger partial charge in [-0.25, -0.2) is 0 Å². The molecule has 0 aliphatic heterocycles. The molecule has 0 aliphatic carbocycles. The van der Waals surface area contributed by atoms with Crippen molar-refractivity contribution in [2.75, 3.05) is 25.1 Å². The Bertz CT molecular complexity index is 434. The number of hydrogen-bond acceptors (Lipinski definition) is 4. The SMILES string of the molecule is CSC(C)CNC(=O)CNC(=O)c1ccc(N)cc1. The van der Waals surface area contributed by atoms with Crippen LogP contribution in [-0.2, 0) is 4.79 Å². The van der Waals surface area contributed by atoms with Gasteiger partial charge in [0.05, 0.1) is 6.54 Å². The largest absolute Gasteiger partial charge is 0.399 e. The van der Waals surface area contributed by atoms with Crippen LogP contribution in [0.2, 0.25) is 0 Å². The molecule has 0 saturated heterocycles. The molecule has 6 heteroatoms. The van der Waals surface area contributed by atoms with E-state index in [9.17, 15) is 9.59 Å². The fourth-order valence-electron chi connectivity index (χ4n) is 1.30. The average Bonchev–Trinajstić information content (AvgIpc) is 2.42. The summed E-state index contributed by atoms with van der Waals surface area (Å²) in [4.78, 5) is 23.2. The zero-order valence-electron chi connectivity index (χ0n) is 11.1. The molecular formula is C13H19N3O2S. The molecule has 5 nitrogen and oxygen atoms in total. The summed E-state index contributed by atoms with van der Waals surface area (Å²) in [6.07, 6.45) is 1.99. The molecular weight excluding hydrogens is 262 g/mol. The van der Waals surface area contributed by atoms with Crippen molar-refractivity contribution in [1.29, 1.82) is 0 Å². The molecule has 0 fully saturated rings. The van der Waals surface area contributed by atoms with E-state index in [0.29, 0.717) is 23.0 Å². The summed E-state index contributed by atoms with van der Waals surface area (Å²) < 4.78 is 0. The minimum atomic E-state index is -0.284. The summed E-state index contributed by atoms with van der Waals surface area (Å²) in [7, 11) is 0. The highest BCUT2D eigenvalue weighted by Gasteiger charge is 2.08. The van der Waals surface area contributed by atoms with Crippen LogP contribution in [0, 0.1) is 0 Å². The van der Waals surface area contributed by atoms with Gasteiger partial charge in [0.2, 0.25) is 5.91 Å². The van der Waals surface area contributed by atoms with Crippen LogP contribution >= 0.6 is 11.8 Å². The van der Waals surface area contributed by atoms with Crippen LogP contribution < -0.4 is 16.4 Å². The van der Waals surface area contributed by atoms with Gasteiger partial charge in [0.1, 0.15) is 0 Å². The molecule has 0 spiro atoms. The number of nitrogens with one attached hydrogen (secondary N) is 2. The van der Waals surface area contributed by atoms with E-state index >= 15 is 0 Å². The number of hydrogen-bond donors (Lipinski definition) is 3. The van der Waals surface area contributed by atoms with Crippen LogP contribution in [0.15, 0.2) is 24.3 Å². The number of nitrogen functional groups attached to an aromatic ring is 1. The van der Waals surface area contributed by atoms with Gasteiger partial charge in [-0.15, -0.1) is 0 Å². The second kappa shape index (κ2) is 7.68. The second-order valence-electron chi connectivity index (χ2n) is 4.16. The highest BCUT2D eigenvalue weighted by Crippen LogP contribution is 2.05. The van der Waals surface area contributed by atoms with Crippen molar-refractivity contribution in [2.45, 2.75) is 12.2 Å². The normalized spacial score (nSPS) is 11.7. The van der Waals surface area contributed by atoms with Gasteiger partial charge < -0.3 is 16.4 Å². The van der Waals surface area contributed by atoms with Gasteiger partial charge in [-0.1, -0.05) is 6.92 Å². The molecule has 104 valence electrons. The van der Waals surface area contributed by atoms with Crippen molar-refractivity contribution >= 4 is 29.3 Å². The Morgan fingerprint density at radius 3 is 2.47 bits per heavy atom. The first-order valence-corrected chi connectivity index (χ1v) is 7.25. The second-order valence-corrected chi connectivity index (χ2v) is 5.43. The highest BCUT2D eigenvalue weighted by molar-refractivity contribution is 7.99. The molecule has 1 aromatic rings. The zero-order chi connectivity index (χ0) is 14.3. The minimum absolute atomic E-state index is 0.0235. The van der Waals surface area contributed by atoms with Gasteiger partial charge >= 0.3 is 0 Å². The molecule has 2 amide bonds. The van der Waals surface area contributed by atoms with E-state index in [1.807, 2.05) is 13.2 Å². The van der Waals surface area contributed by atoms with Crippen LogP contribution in [0.5, 0.6) is 0 Å². The number of amides is 2. The molecule has 1 aromatic carbocycles. The van der Waals surface area contributed by atoms with Crippen LogP contribution in [0.3, 0.4) is 0 Å². The molecule has 0 saturated carbocycles. The van der Waals surface area contributed by atoms with E-state index in [4.69, 9.17) is 5.73 Å². The maximum Gasteiger partial charge on any atom is 0.251 e. The van der Waals surface area contributed by atoms with Crippen molar-refractivity contribution < 1.29 is 9.59 Å². The fraction of sp³-hybridized carbons (Fsp3) is 0.385. The van der Waals surface area contributed by atoms with E-state index in [0.717, 1.165) is 0 Å². The topological polar surface area (TPSA) is 84.2 Å². The van der Waals surface area contributed by atoms with Gasteiger partial charge in [0, 0.05) is 23.0 Å². The van der Waals surface area contributed by atoms with Crippen molar-refractivity contribution in [3.63, 3.8) is 0 Å². The molecule has 0 radical (unpaired) electrons. The Hall–Kier alpha value is -1.69. The number of thioether (sulfide) groups is 1. The van der Waals surface area contributed by atoms with E-state index in [1.165, 1.54) is 0 Å². The lowest BCUT2D eigenvalue weighted by Gasteiger charge is -2.10. The molecule has 1 atom stereocenters. The van der Waals surface area contributed by atoms with Crippen molar-refractivity contribution in [2.24, 2.45) is 0 Å². The lowest BCUT2D eigenvalue weighted by atomic mass is 10.2. The minimum Gasteiger partial charge on any atom is -0.399 e. The summed E-state index contributed by atoms with van der Waals surface area (Å²) in [5.74, 6) is -0.474. The summed E-state index contributed by atoms with van der Waals surface area (Å²) >= 11 is 1.68. The number of nitrogens with two attached hydrogens (primary N) is 1. The summed E-state index contributed by atoms with van der Waals surface area (Å²) in [6, 6.07) is 6.54. The van der Waals surface area contributed by atoms with E-state index in [2.05, 4.69) is 10.6 Å². The number of benzene rings is 1. The van der Waals surface area contributed by atoms with E-state index in [-0.39, 0.29) is 18.4 Å². The molecule has 1 rings (SSSR count). The highest BCUT2D eigenvalue weighted by atomic mass is 32.2. The molecule has 4 N–H and O–H groups in total. The maximum absolute atomic E-state index is 11.7. The predicted octanol–water partition coefficient (Wildman–Crippen LogP) is 0.866. The van der Waals surface area contributed by atoms with Crippen molar-refractivity contribution in [1.82, 2.24) is 10.6 Å². The van der Waals surface area contributed by atoms with Gasteiger partial charge in [-0.05, 0) is 30.5 Å². The Labute approximate surface area is 117 Å². The molecule has 0 bridgehead atoms. The number of carbonyl (C=O) groups excluding carboxylic acids is 2. The van der Waals surface area contributed by atoms with Crippen molar-refractivity contribution in [3.8, 4) is 0 Å². The van der Waals surface area contributed by atoms with Gasteiger partial charge in [-0.2, -0.15) is 11.8 Å². The lowest BCUT2D eigenvalue weighted by molar-refractivity contribution is -0.120. The number of carbonyl (C=O) groups is 2. The molecule has 0 heterocycles. The van der Waals surface area contributed by atoms with Crippen LogP contribution in [0.25, 0.3) is 0 Å². The Balaban J connectivity index is 2.34. The van der Waals surface area contributed by atoms with Crippen LogP contribution in [0.4, 0.5) is 5.69 Å². The number of anilines is 1. The molecule has 0 aliphatic rings. The predicted molar refractivity (Wildman–Crippen MR) is 79.2 cm³/mol. The Kier molecular flexibility index (Phi) is 6.21. The monoisotopic (exact) mass is 281 g/mol. The fourth-order valence-corrected chi connectivity index (χ4v) is 1.55. The first-order valence-electron chi connectivity index (χ1n) is 5.96. The van der Waals surface area contributed by atoms with Crippen LogP contribution in [0.1, 0.15) is 17.3 Å². The maximum atomic E-state index is 11.7. The lowest BCUT2D eigenvalue weighted by Crippen LogP contribution is -2.39. The molecule has 1 unspecified atom stereocenters. The summed E-state index contributed by atoms with van der Waals surface area (Å²) in [5.41, 5.74) is 6.62. The third-order valence-corrected chi connectivity index (χ3v) is 3.54. The first-order chi connectivity index (χ1) is 9.02. The Morgan fingerprint density at radius 1 is 1.26 bits per heavy atom. The summed E-state index contributed by atoms with van der Waals surface area (Å²) in [6.45, 7) is 2.60. The third-order valence-electron chi connectivity index (χ3n) is 2.57. The van der Waals surface area contributed by atoms with Gasteiger partial charge in [0.15, 0.2) is 0 Å². The average molecular weight is 281 g/mol. The number of rotatable bonds is 6. The standard InChI is InChI=1S/C13H19N3O2S/c1-9(19-2)7-15-12(17)8-16-13(18)10-3-5-11(14)6-4-10/h3-6,9H,7-8,14H2,1-2H3,(H,15,17)(H,16,18). The van der Waals surface area contributed by atoms with E-state index in [1.54, 1.807) is 36.0 Å². The van der Waals surface area contributed by atoms with Crippen molar-refractivity contribution in [3.05, 3.63) is 29.8 Å². The van der Waals surface area contributed by atoms with Crippen LogP contribution in [-0.4, -0.2) is 36.4 Å². The Morgan fingerprint density at radius 2 is 1.89 bits per heavy atom. The quantitative estimate of drug-likeness (QED) is 0.675.